The van der Waals surface area contributed by atoms with Gasteiger partial charge in [0.2, 0.25) is 0 Å². The molecule has 0 saturated carbocycles. The lowest BCUT2D eigenvalue weighted by molar-refractivity contribution is 0.0810. The van der Waals surface area contributed by atoms with Crippen LogP contribution < -0.4 is 0 Å². The molecule has 0 unspecified atom stereocenters. The van der Waals surface area contributed by atoms with Crippen LogP contribution >= 0.6 is 11.6 Å². The summed E-state index contributed by atoms with van der Waals surface area (Å²) < 4.78 is 0. The van der Waals surface area contributed by atoms with E-state index in [9.17, 15) is 4.79 Å². The quantitative estimate of drug-likeness (QED) is 0.701. The van der Waals surface area contributed by atoms with Gasteiger partial charge in [-0.1, -0.05) is 23.7 Å². The van der Waals surface area contributed by atoms with Crippen LogP contribution in [0.2, 0.25) is 5.02 Å². The molecule has 0 aliphatic rings. The van der Waals surface area contributed by atoms with E-state index in [-0.39, 0.29) is 5.91 Å². The van der Waals surface area contributed by atoms with Crippen molar-refractivity contribution in [2.24, 2.45) is 0 Å². The van der Waals surface area contributed by atoms with Gasteiger partial charge < -0.3 is 4.90 Å². The van der Waals surface area contributed by atoms with Crippen LogP contribution in [0.1, 0.15) is 10.4 Å². The van der Waals surface area contributed by atoms with E-state index in [1.165, 1.54) is 0 Å². The Kier molecular flexibility index (Phi) is 3.72. The molecule has 74 valence electrons. The van der Waals surface area contributed by atoms with Crippen LogP contribution in [0.4, 0.5) is 0 Å². The highest BCUT2D eigenvalue weighted by molar-refractivity contribution is 6.30. The second-order valence-corrected chi connectivity index (χ2v) is 3.42. The Balaban J connectivity index is 2.83. The highest BCUT2D eigenvalue weighted by Gasteiger charge is 2.09. The van der Waals surface area contributed by atoms with Gasteiger partial charge in [-0.15, -0.1) is 6.58 Å². The van der Waals surface area contributed by atoms with Crippen LogP contribution in [-0.4, -0.2) is 24.4 Å². The second kappa shape index (κ2) is 4.82. The van der Waals surface area contributed by atoms with E-state index in [4.69, 9.17) is 11.6 Å². The zero-order valence-electron chi connectivity index (χ0n) is 8.03. The molecule has 1 rings (SSSR count). The largest absolute Gasteiger partial charge is 0.338 e. The van der Waals surface area contributed by atoms with Crippen molar-refractivity contribution < 1.29 is 4.79 Å². The average molecular weight is 210 g/mol. The summed E-state index contributed by atoms with van der Waals surface area (Å²) >= 11 is 5.78. The van der Waals surface area contributed by atoms with Crippen molar-refractivity contribution in [1.29, 1.82) is 0 Å². The minimum atomic E-state index is -0.0487. The highest BCUT2D eigenvalue weighted by atomic mass is 35.5. The van der Waals surface area contributed by atoms with Gasteiger partial charge in [-0.2, -0.15) is 0 Å². The zero-order chi connectivity index (χ0) is 10.6. The maximum absolute atomic E-state index is 11.7. The number of carbonyl (C=O) groups excluding carboxylic acids is 1. The molecule has 0 bridgehead atoms. The van der Waals surface area contributed by atoms with Crippen LogP contribution in [0.3, 0.4) is 0 Å². The number of rotatable bonds is 3. The van der Waals surface area contributed by atoms with E-state index in [0.717, 1.165) is 0 Å². The molecule has 3 heteroatoms. The third kappa shape index (κ3) is 2.60. The Morgan fingerprint density at radius 3 is 2.93 bits per heavy atom. The molecule has 0 atom stereocenters. The van der Waals surface area contributed by atoms with Crippen molar-refractivity contribution >= 4 is 17.5 Å². The standard InChI is InChI=1S/C11H12ClNO/c1-3-7-13(2)11(14)9-5-4-6-10(12)8-9/h3-6,8H,1,7H2,2H3. The molecule has 0 heterocycles. The van der Waals surface area contributed by atoms with Gasteiger partial charge in [0.15, 0.2) is 0 Å². The van der Waals surface area contributed by atoms with Crippen LogP contribution in [0.15, 0.2) is 36.9 Å². The van der Waals surface area contributed by atoms with Crippen molar-refractivity contribution in [3.05, 3.63) is 47.5 Å². The van der Waals surface area contributed by atoms with E-state index in [0.29, 0.717) is 17.1 Å². The molecule has 0 aromatic heterocycles. The summed E-state index contributed by atoms with van der Waals surface area (Å²) in [4.78, 5) is 13.3. The topological polar surface area (TPSA) is 20.3 Å². The smallest absolute Gasteiger partial charge is 0.253 e. The maximum atomic E-state index is 11.7. The van der Waals surface area contributed by atoms with Gasteiger partial charge in [0.05, 0.1) is 0 Å². The average Bonchev–Trinajstić information content (AvgIpc) is 2.17. The summed E-state index contributed by atoms with van der Waals surface area (Å²) in [6.45, 7) is 4.11. The summed E-state index contributed by atoms with van der Waals surface area (Å²) in [6.07, 6.45) is 1.68. The van der Waals surface area contributed by atoms with Crippen LogP contribution in [0.25, 0.3) is 0 Å². The SMILES string of the molecule is C=CCN(C)C(=O)c1cccc(Cl)c1. The van der Waals surface area contributed by atoms with Crippen molar-refractivity contribution in [3.8, 4) is 0 Å². The predicted molar refractivity (Wildman–Crippen MR) is 58.6 cm³/mol. The second-order valence-electron chi connectivity index (χ2n) is 2.98. The third-order valence-corrected chi connectivity index (χ3v) is 2.06. The molecular weight excluding hydrogens is 198 g/mol. The minimum absolute atomic E-state index is 0.0487. The lowest BCUT2D eigenvalue weighted by Gasteiger charge is -2.14. The molecule has 0 radical (unpaired) electrons. The van der Waals surface area contributed by atoms with Crippen LogP contribution in [-0.2, 0) is 0 Å². The monoisotopic (exact) mass is 209 g/mol. The van der Waals surface area contributed by atoms with Crippen molar-refractivity contribution in [2.45, 2.75) is 0 Å². The Morgan fingerprint density at radius 2 is 2.36 bits per heavy atom. The molecular formula is C11H12ClNO. The Morgan fingerprint density at radius 1 is 1.64 bits per heavy atom. The van der Waals surface area contributed by atoms with Crippen molar-refractivity contribution in [1.82, 2.24) is 4.90 Å². The first-order chi connectivity index (χ1) is 6.65. The molecule has 0 aliphatic heterocycles. The highest BCUT2D eigenvalue weighted by Crippen LogP contribution is 2.12. The van der Waals surface area contributed by atoms with E-state index >= 15 is 0 Å². The minimum Gasteiger partial charge on any atom is -0.338 e. The first-order valence-corrected chi connectivity index (χ1v) is 4.65. The van der Waals surface area contributed by atoms with Gasteiger partial charge in [-0.3, -0.25) is 4.79 Å². The molecule has 2 nitrogen and oxygen atoms in total. The fourth-order valence-corrected chi connectivity index (χ4v) is 1.31. The van der Waals surface area contributed by atoms with E-state index in [1.54, 1.807) is 42.3 Å². The number of carbonyl (C=O) groups is 1. The van der Waals surface area contributed by atoms with Gasteiger partial charge in [0, 0.05) is 24.2 Å². The molecule has 0 N–H and O–H groups in total. The van der Waals surface area contributed by atoms with Crippen molar-refractivity contribution in [2.75, 3.05) is 13.6 Å². The molecule has 0 spiro atoms. The molecule has 0 fully saturated rings. The lowest BCUT2D eigenvalue weighted by atomic mass is 10.2. The zero-order valence-corrected chi connectivity index (χ0v) is 8.79. The van der Waals surface area contributed by atoms with Gasteiger partial charge in [0.25, 0.3) is 5.91 Å². The Hall–Kier alpha value is -1.28. The number of likely N-dealkylation sites (N-methyl/N-ethyl adjacent to an activating group) is 1. The first-order valence-electron chi connectivity index (χ1n) is 4.27. The number of hydrogen-bond acceptors (Lipinski definition) is 1. The van der Waals surface area contributed by atoms with E-state index < -0.39 is 0 Å². The predicted octanol–water partition coefficient (Wildman–Crippen LogP) is 2.60. The third-order valence-electron chi connectivity index (χ3n) is 1.82. The number of halogens is 1. The summed E-state index contributed by atoms with van der Waals surface area (Å²) in [5.74, 6) is -0.0487. The number of hydrogen-bond donors (Lipinski definition) is 0. The number of nitrogens with zero attached hydrogens (tertiary/aromatic N) is 1. The molecule has 0 saturated heterocycles. The fraction of sp³-hybridized carbons (Fsp3) is 0.182. The molecule has 1 aromatic carbocycles. The number of benzene rings is 1. The maximum Gasteiger partial charge on any atom is 0.253 e. The van der Waals surface area contributed by atoms with Gasteiger partial charge in [0.1, 0.15) is 0 Å². The Bertz CT molecular complexity index is 349. The normalized spacial score (nSPS) is 9.57. The summed E-state index contributed by atoms with van der Waals surface area (Å²) in [5, 5.41) is 0.572. The molecule has 14 heavy (non-hydrogen) atoms. The Labute approximate surface area is 88.8 Å². The van der Waals surface area contributed by atoms with Crippen LogP contribution in [0, 0.1) is 0 Å². The fourth-order valence-electron chi connectivity index (χ4n) is 1.12. The van der Waals surface area contributed by atoms with E-state index in [1.807, 2.05) is 0 Å². The van der Waals surface area contributed by atoms with Crippen LogP contribution in [0.5, 0.6) is 0 Å². The number of amides is 1. The van der Waals surface area contributed by atoms with Crippen molar-refractivity contribution in [3.63, 3.8) is 0 Å². The summed E-state index contributed by atoms with van der Waals surface area (Å²) in [7, 11) is 1.73. The summed E-state index contributed by atoms with van der Waals surface area (Å²) in [5.41, 5.74) is 0.599. The molecule has 0 aliphatic carbocycles. The van der Waals surface area contributed by atoms with E-state index in [2.05, 4.69) is 6.58 Å². The van der Waals surface area contributed by atoms with Gasteiger partial charge in [-0.25, -0.2) is 0 Å². The molecule has 1 aromatic rings. The summed E-state index contributed by atoms with van der Waals surface area (Å²) in [6, 6.07) is 6.90. The van der Waals surface area contributed by atoms with Gasteiger partial charge >= 0.3 is 0 Å². The lowest BCUT2D eigenvalue weighted by Crippen LogP contribution is -2.26. The first kappa shape index (κ1) is 10.8. The molecule has 1 amide bonds. The van der Waals surface area contributed by atoms with Gasteiger partial charge in [-0.05, 0) is 18.2 Å².